The molecule has 0 aromatic heterocycles. The van der Waals surface area contributed by atoms with Crippen LogP contribution < -0.4 is 20.7 Å². The quantitative estimate of drug-likeness (QED) is 0.756. The van der Waals surface area contributed by atoms with E-state index in [1.54, 1.807) is 0 Å². The summed E-state index contributed by atoms with van der Waals surface area (Å²) < 4.78 is 10.6. The molecular formula is C20H21N3O4. The van der Waals surface area contributed by atoms with E-state index in [2.05, 4.69) is 16.0 Å². The van der Waals surface area contributed by atoms with E-state index in [0.29, 0.717) is 11.4 Å². The second-order valence-electron chi connectivity index (χ2n) is 6.76. The van der Waals surface area contributed by atoms with Crippen molar-refractivity contribution in [1.82, 2.24) is 5.32 Å². The number of carbonyl (C=O) groups is 2. The third-order valence-corrected chi connectivity index (χ3v) is 4.66. The van der Waals surface area contributed by atoms with Crippen LogP contribution in [0.3, 0.4) is 0 Å². The van der Waals surface area contributed by atoms with Gasteiger partial charge in [-0.15, -0.1) is 0 Å². The van der Waals surface area contributed by atoms with Crippen LogP contribution in [0.1, 0.15) is 18.4 Å². The molecule has 1 aliphatic heterocycles. The van der Waals surface area contributed by atoms with Crippen molar-refractivity contribution in [2.45, 2.75) is 31.5 Å². The van der Waals surface area contributed by atoms with Crippen LogP contribution in [0.25, 0.3) is 0 Å². The third-order valence-electron chi connectivity index (χ3n) is 4.66. The molecule has 2 amide bonds. The van der Waals surface area contributed by atoms with Gasteiger partial charge in [-0.3, -0.25) is 4.79 Å². The van der Waals surface area contributed by atoms with Gasteiger partial charge in [0, 0.05) is 17.8 Å². The maximum Gasteiger partial charge on any atom is 0.407 e. The summed E-state index contributed by atoms with van der Waals surface area (Å²) in [6.07, 6.45) is 1.25. The molecule has 140 valence electrons. The lowest BCUT2D eigenvalue weighted by atomic mass is 9.86. The minimum atomic E-state index is -0.393. The molecule has 1 heterocycles. The molecule has 2 aromatic rings. The Bertz CT molecular complexity index is 834. The molecule has 0 spiro atoms. The number of carbonyl (C=O) groups excluding carboxylic acids is 2. The van der Waals surface area contributed by atoms with Crippen LogP contribution in [0.4, 0.5) is 16.2 Å². The van der Waals surface area contributed by atoms with E-state index in [-0.39, 0.29) is 31.2 Å². The van der Waals surface area contributed by atoms with Crippen molar-refractivity contribution in [1.29, 1.82) is 0 Å². The lowest BCUT2D eigenvalue weighted by molar-refractivity contribution is -0.118. The summed E-state index contributed by atoms with van der Waals surface area (Å²) in [5.41, 5.74) is 2.55. The zero-order chi connectivity index (χ0) is 18.6. The van der Waals surface area contributed by atoms with Crippen molar-refractivity contribution >= 4 is 23.4 Å². The first-order valence-electron chi connectivity index (χ1n) is 8.96. The maximum atomic E-state index is 11.9. The number of hydrogen-bond acceptors (Lipinski definition) is 5. The molecule has 1 aliphatic carbocycles. The second kappa shape index (κ2) is 7.57. The van der Waals surface area contributed by atoms with Crippen molar-refractivity contribution in [3.05, 3.63) is 54.1 Å². The highest BCUT2D eigenvalue weighted by atomic mass is 16.5. The molecule has 2 aromatic carbocycles. The predicted molar refractivity (Wildman–Crippen MR) is 101 cm³/mol. The molecule has 1 fully saturated rings. The van der Waals surface area contributed by atoms with Crippen molar-refractivity contribution in [3.8, 4) is 5.75 Å². The monoisotopic (exact) mass is 367 g/mol. The molecule has 0 saturated heterocycles. The lowest BCUT2D eigenvalue weighted by Crippen LogP contribution is -2.49. The number of anilines is 2. The molecule has 0 unspecified atom stereocenters. The number of ether oxygens (including phenoxy) is 2. The van der Waals surface area contributed by atoms with Crippen LogP contribution in [0.2, 0.25) is 0 Å². The first kappa shape index (κ1) is 17.2. The number of hydrogen-bond donors (Lipinski definition) is 3. The van der Waals surface area contributed by atoms with E-state index in [9.17, 15) is 9.59 Å². The van der Waals surface area contributed by atoms with E-state index in [1.807, 2.05) is 48.5 Å². The summed E-state index contributed by atoms with van der Waals surface area (Å²) in [5, 5.41) is 9.08. The Morgan fingerprint density at radius 3 is 2.78 bits per heavy atom. The molecule has 0 bridgehead atoms. The summed E-state index contributed by atoms with van der Waals surface area (Å²) >= 11 is 0. The Morgan fingerprint density at radius 2 is 1.96 bits per heavy atom. The number of rotatable bonds is 5. The predicted octanol–water partition coefficient (Wildman–Crippen LogP) is 2.89. The normalized spacial score (nSPS) is 20.4. The van der Waals surface area contributed by atoms with Gasteiger partial charge in [-0.05, 0) is 36.6 Å². The smallest absolute Gasteiger partial charge is 0.407 e. The molecule has 0 radical (unpaired) electrons. The zero-order valence-electron chi connectivity index (χ0n) is 14.7. The van der Waals surface area contributed by atoms with Crippen molar-refractivity contribution < 1.29 is 19.1 Å². The van der Waals surface area contributed by atoms with Gasteiger partial charge in [0.05, 0.1) is 5.69 Å². The Kier molecular flexibility index (Phi) is 4.82. The fraction of sp³-hybridized carbons (Fsp3) is 0.300. The number of benzene rings is 2. The molecule has 1 saturated carbocycles. The molecule has 0 atom stereocenters. The second-order valence-corrected chi connectivity index (χ2v) is 6.76. The molecule has 27 heavy (non-hydrogen) atoms. The Labute approximate surface area is 157 Å². The minimum Gasteiger partial charge on any atom is -0.482 e. The van der Waals surface area contributed by atoms with Gasteiger partial charge in [-0.25, -0.2) is 4.79 Å². The van der Waals surface area contributed by atoms with Gasteiger partial charge in [0.25, 0.3) is 5.91 Å². The molecule has 7 nitrogen and oxygen atoms in total. The highest BCUT2D eigenvalue weighted by Crippen LogP contribution is 2.32. The van der Waals surface area contributed by atoms with Gasteiger partial charge in [-0.1, -0.05) is 30.3 Å². The summed E-state index contributed by atoms with van der Waals surface area (Å²) in [4.78, 5) is 23.3. The number of fused-ring (bicyclic) bond motifs is 1. The van der Waals surface area contributed by atoms with E-state index in [1.165, 1.54) is 0 Å². The average Bonchev–Trinajstić information content (AvgIpc) is 2.65. The van der Waals surface area contributed by atoms with Crippen LogP contribution in [0.15, 0.2) is 48.5 Å². The van der Waals surface area contributed by atoms with Crippen molar-refractivity contribution in [3.63, 3.8) is 0 Å². The summed E-state index contributed by atoms with van der Waals surface area (Å²) in [7, 11) is 0. The minimum absolute atomic E-state index is 0.0517. The van der Waals surface area contributed by atoms with Gasteiger partial charge in [0.1, 0.15) is 12.4 Å². The topological polar surface area (TPSA) is 88.7 Å². The highest BCUT2D eigenvalue weighted by molar-refractivity contribution is 5.96. The Balaban J connectivity index is 1.20. The molecular weight excluding hydrogens is 346 g/mol. The summed E-state index contributed by atoms with van der Waals surface area (Å²) in [5.74, 6) is 0.524. The first-order valence-corrected chi connectivity index (χ1v) is 8.96. The van der Waals surface area contributed by atoms with Gasteiger partial charge < -0.3 is 25.4 Å². The fourth-order valence-corrected chi connectivity index (χ4v) is 3.19. The Hall–Kier alpha value is -3.22. The number of alkyl carbamates (subject to hydrolysis) is 1. The van der Waals surface area contributed by atoms with Crippen molar-refractivity contribution in [2.75, 3.05) is 17.2 Å². The van der Waals surface area contributed by atoms with E-state index >= 15 is 0 Å². The lowest BCUT2D eigenvalue weighted by Gasteiger charge is -2.36. The molecule has 2 aliphatic rings. The molecule has 4 rings (SSSR count). The first-order chi connectivity index (χ1) is 13.2. The molecule has 3 N–H and O–H groups in total. The molecule has 7 heteroatoms. The average molecular weight is 367 g/mol. The fourth-order valence-electron chi connectivity index (χ4n) is 3.19. The standard InChI is InChI=1S/C20H21N3O4/c24-19-12-26-18-7-6-14(10-17(18)23-19)21-15-8-16(9-15)22-20(25)27-11-13-4-2-1-3-5-13/h1-7,10,15-16,21H,8-9,11-12H2,(H,22,25)(H,23,24). The van der Waals surface area contributed by atoms with Gasteiger partial charge in [0.2, 0.25) is 0 Å². The van der Waals surface area contributed by atoms with Crippen LogP contribution in [-0.4, -0.2) is 30.7 Å². The third kappa shape index (κ3) is 4.31. The maximum absolute atomic E-state index is 11.9. The summed E-state index contributed by atoms with van der Waals surface area (Å²) in [6.45, 7) is 0.320. The van der Waals surface area contributed by atoms with E-state index in [4.69, 9.17) is 9.47 Å². The Morgan fingerprint density at radius 1 is 1.15 bits per heavy atom. The SMILES string of the molecule is O=C1COc2ccc(NC3CC(NC(=O)OCc4ccccc4)C3)cc2N1. The number of nitrogens with one attached hydrogen (secondary N) is 3. The van der Waals surface area contributed by atoms with Crippen LogP contribution >= 0.6 is 0 Å². The van der Waals surface area contributed by atoms with Crippen LogP contribution in [-0.2, 0) is 16.1 Å². The number of amides is 2. The van der Waals surface area contributed by atoms with Gasteiger partial charge in [-0.2, -0.15) is 0 Å². The largest absolute Gasteiger partial charge is 0.482 e. The van der Waals surface area contributed by atoms with Crippen LogP contribution in [0, 0.1) is 0 Å². The highest BCUT2D eigenvalue weighted by Gasteiger charge is 2.31. The van der Waals surface area contributed by atoms with E-state index < -0.39 is 6.09 Å². The van der Waals surface area contributed by atoms with Crippen molar-refractivity contribution in [2.24, 2.45) is 0 Å². The summed E-state index contributed by atoms with van der Waals surface area (Å²) in [6, 6.07) is 15.6. The van der Waals surface area contributed by atoms with E-state index in [0.717, 1.165) is 24.1 Å². The zero-order valence-corrected chi connectivity index (χ0v) is 14.7. The van der Waals surface area contributed by atoms with Gasteiger partial charge in [0.15, 0.2) is 6.61 Å². The van der Waals surface area contributed by atoms with Crippen LogP contribution in [0.5, 0.6) is 5.75 Å². The van der Waals surface area contributed by atoms with Gasteiger partial charge >= 0.3 is 6.09 Å².